The summed E-state index contributed by atoms with van der Waals surface area (Å²) in [5.41, 5.74) is 2.98. The molecule has 0 aromatic heterocycles. The van der Waals surface area contributed by atoms with Gasteiger partial charge in [-0.15, -0.1) is 0 Å². The minimum Gasteiger partial charge on any atom is -0.352 e. The normalized spacial score (nSPS) is 13.1. The Morgan fingerprint density at radius 1 is 1.06 bits per heavy atom. The van der Waals surface area contributed by atoms with Crippen molar-refractivity contribution in [3.63, 3.8) is 0 Å². The molecule has 1 N–H and O–H groups in total. The molecule has 9 heteroatoms. The van der Waals surface area contributed by atoms with Gasteiger partial charge in [0.1, 0.15) is 12.6 Å². The van der Waals surface area contributed by atoms with Crippen molar-refractivity contribution in [3.8, 4) is 0 Å². The molecule has 0 aliphatic rings. The van der Waals surface area contributed by atoms with E-state index in [2.05, 4.69) is 5.32 Å². The van der Waals surface area contributed by atoms with Gasteiger partial charge in [-0.3, -0.25) is 13.9 Å². The van der Waals surface area contributed by atoms with Crippen LogP contribution in [0.15, 0.2) is 42.5 Å². The quantitative estimate of drug-likeness (QED) is 0.525. The average Bonchev–Trinajstić information content (AvgIpc) is 2.77. The molecule has 0 spiro atoms. The molecule has 0 saturated heterocycles. The van der Waals surface area contributed by atoms with Gasteiger partial charge < -0.3 is 10.2 Å². The second-order valence-electron chi connectivity index (χ2n) is 8.65. The maximum atomic E-state index is 13.5. The Morgan fingerprint density at radius 3 is 2.26 bits per heavy atom. The zero-order valence-electron chi connectivity index (χ0n) is 20.6. The van der Waals surface area contributed by atoms with Crippen LogP contribution in [0.2, 0.25) is 5.02 Å². The fraction of sp³-hybridized carbons (Fsp3) is 0.440. The van der Waals surface area contributed by atoms with E-state index in [9.17, 15) is 18.0 Å². The van der Waals surface area contributed by atoms with Gasteiger partial charge in [0, 0.05) is 17.6 Å². The summed E-state index contributed by atoms with van der Waals surface area (Å²) in [5.74, 6) is -0.817. The van der Waals surface area contributed by atoms with E-state index in [0.717, 1.165) is 28.1 Å². The number of benzene rings is 2. The topological polar surface area (TPSA) is 86.8 Å². The summed E-state index contributed by atoms with van der Waals surface area (Å²) in [7, 11) is -3.77. The first-order valence-electron chi connectivity index (χ1n) is 11.2. The van der Waals surface area contributed by atoms with Gasteiger partial charge in [-0.05, 0) is 69.0 Å². The molecule has 0 fully saturated rings. The number of aryl methyl sites for hydroxylation is 2. The summed E-state index contributed by atoms with van der Waals surface area (Å²) in [6.07, 6.45) is 1.80. The minimum atomic E-state index is -3.77. The monoisotopic (exact) mass is 507 g/mol. The third-order valence-electron chi connectivity index (χ3n) is 5.92. The lowest BCUT2D eigenvalue weighted by molar-refractivity contribution is -0.139. The van der Waals surface area contributed by atoms with E-state index in [4.69, 9.17) is 11.6 Å². The Kier molecular flexibility index (Phi) is 9.53. The van der Waals surface area contributed by atoms with Gasteiger partial charge in [0.05, 0.1) is 11.9 Å². The highest BCUT2D eigenvalue weighted by Gasteiger charge is 2.30. The Bertz CT molecular complexity index is 1140. The van der Waals surface area contributed by atoms with Crippen molar-refractivity contribution in [2.24, 2.45) is 0 Å². The van der Waals surface area contributed by atoms with Gasteiger partial charge in [-0.2, -0.15) is 0 Å². The molecular weight excluding hydrogens is 474 g/mol. The van der Waals surface area contributed by atoms with E-state index in [-0.39, 0.29) is 18.5 Å². The molecule has 2 amide bonds. The summed E-state index contributed by atoms with van der Waals surface area (Å²) in [6.45, 7) is 8.91. The lowest BCUT2D eigenvalue weighted by atomic mass is 10.1. The molecular formula is C25H34ClN3O4S. The molecule has 0 bridgehead atoms. The van der Waals surface area contributed by atoms with Crippen molar-refractivity contribution in [3.05, 3.63) is 64.2 Å². The van der Waals surface area contributed by atoms with Crippen LogP contribution in [0.3, 0.4) is 0 Å². The Balaban J connectivity index is 2.42. The second-order valence-corrected chi connectivity index (χ2v) is 11.0. The van der Waals surface area contributed by atoms with Gasteiger partial charge in [0.2, 0.25) is 21.8 Å². The second kappa shape index (κ2) is 11.7. The third-order valence-corrected chi connectivity index (χ3v) is 7.43. The highest BCUT2D eigenvalue weighted by molar-refractivity contribution is 7.92. The van der Waals surface area contributed by atoms with E-state index >= 15 is 0 Å². The summed E-state index contributed by atoms with van der Waals surface area (Å²) in [4.78, 5) is 27.8. The molecule has 0 aliphatic heterocycles. The first-order valence-corrected chi connectivity index (χ1v) is 13.5. The molecule has 0 heterocycles. The maximum absolute atomic E-state index is 13.5. The van der Waals surface area contributed by atoms with Crippen molar-refractivity contribution in [2.45, 2.75) is 59.7 Å². The van der Waals surface area contributed by atoms with Crippen LogP contribution in [0.4, 0.5) is 5.69 Å². The van der Waals surface area contributed by atoms with Gasteiger partial charge in [-0.1, -0.05) is 42.8 Å². The van der Waals surface area contributed by atoms with Crippen LogP contribution in [-0.2, 0) is 26.2 Å². The van der Waals surface area contributed by atoms with Crippen molar-refractivity contribution in [1.29, 1.82) is 0 Å². The van der Waals surface area contributed by atoms with Gasteiger partial charge >= 0.3 is 0 Å². The van der Waals surface area contributed by atoms with Crippen LogP contribution in [-0.4, -0.2) is 50.0 Å². The summed E-state index contributed by atoms with van der Waals surface area (Å²) < 4.78 is 26.4. The average molecular weight is 508 g/mol. The van der Waals surface area contributed by atoms with E-state index in [0.29, 0.717) is 16.3 Å². The number of hydrogen-bond donors (Lipinski definition) is 1. The van der Waals surface area contributed by atoms with Gasteiger partial charge in [0.15, 0.2) is 0 Å². The summed E-state index contributed by atoms with van der Waals surface area (Å²) >= 11 is 6.33. The number of carbonyl (C=O) groups is 2. The SMILES string of the molecule is CC[C@H](C)NC(=O)[C@H](C)N(Cc1ccccc1Cl)C(=O)CN(c1ccc(C)c(C)c1)S(C)(=O)=O. The number of anilines is 1. The predicted octanol–water partition coefficient (Wildman–Crippen LogP) is 4.05. The van der Waals surface area contributed by atoms with Crippen LogP contribution >= 0.6 is 11.6 Å². The molecule has 7 nitrogen and oxygen atoms in total. The molecule has 2 aromatic carbocycles. The number of nitrogens with zero attached hydrogens (tertiary/aromatic N) is 2. The molecule has 2 rings (SSSR count). The van der Waals surface area contributed by atoms with E-state index in [1.54, 1.807) is 43.3 Å². The molecule has 2 aromatic rings. The number of nitrogens with one attached hydrogen (secondary N) is 1. The Hall–Kier alpha value is -2.58. The van der Waals surface area contributed by atoms with Crippen molar-refractivity contribution < 1.29 is 18.0 Å². The molecule has 0 saturated carbocycles. The van der Waals surface area contributed by atoms with E-state index in [1.807, 2.05) is 33.8 Å². The zero-order valence-corrected chi connectivity index (χ0v) is 22.2. The fourth-order valence-electron chi connectivity index (χ4n) is 3.35. The Morgan fingerprint density at radius 2 is 1.71 bits per heavy atom. The van der Waals surface area contributed by atoms with Gasteiger partial charge in [-0.25, -0.2) is 8.42 Å². The number of halogens is 1. The van der Waals surface area contributed by atoms with Crippen LogP contribution < -0.4 is 9.62 Å². The third kappa shape index (κ3) is 7.21. The van der Waals surface area contributed by atoms with Crippen LogP contribution in [0.25, 0.3) is 0 Å². The fourth-order valence-corrected chi connectivity index (χ4v) is 4.39. The summed E-state index contributed by atoms with van der Waals surface area (Å²) in [6, 6.07) is 11.4. The van der Waals surface area contributed by atoms with Gasteiger partial charge in [0.25, 0.3) is 0 Å². The predicted molar refractivity (Wildman–Crippen MR) is 137 cm³/mol. The first-order chi connectivity index (χ1) is 15.8. The number of rotatable bonds is 10. The van der Waals surface area contributed by atoms with Crippen LogP contribution in [0.1, 0.15) is 43.9 Å². The maximum Gasteiger partial charge on any atom is 0.244 e. The number of sulfonamides is 1. The molecule has 0 radical (unpaired) electrons. The highest BCUT2D eigenvalue weighted by Crippen LogP contribution is 2.23. The number of amides is 2. The molecule has 34 heavy (non-hydrogen) atoms. The lowest BCUT2D eigenvalue weighted by Gasteiger charge is -2.32. The van der Waals surface area contributed by atoms with Crippen molar-refractivity contribution >= 4 is 39.1 Å². The van der Waals surface area contributed by atoms with E-state index in [1.165, 1.54) is 4.90 Å². The number of carbonyl (C=O) groups excluding carboxylic acids is 2. The molecule has 2 atom stereocenters. The van der Waals surface area contributed by atoms with Crippen molar-refractivity contribution in [2.75, 3.05) is 17.1 Å². The largest absolute Gasteiger partial charge is 0.352 e. The van der Waals surface area contributed by atoms with Crippen LogP contribution in [0, 0.1) is 13.8 Å². The first kappa shape index (κ1) is 27.7. The highest BCUT2D eigenvalue weighted by atomic mass is 35.5. The summed E-state index contributed by atoms with van der Waals surface area (Å²) in [5, 5.41) is 3.36. The van der Waals surface area contributed by atoms with E-state index < -0.39 is 28.5 Å². The smallest absolute Gasteiger partial charge is 0.244 e. The van der Waals surface area contributed by atoms with Crippen LogP contribution in [0.5, 0.6) is 0 Å². The Labute approximate surface area is 208 Å². The van der Waals surface area contributed by atoms with Crippen molar-refractivity contribution in [1.82, 2.24) is 10.2 Å². The standard InChI is InChI=1S/C25H34ClN3O4S/c1-7-19(4)27-25(31)20(5)28(15-21-10-8-9-11-23(21)26)24(30)16-29(34(6,32)33)22-13-12-17(2)18(3)14-22/h8-14,19-20H,7,15-16H2,1-6H3,(H,27,31)/t19-,20-/m0/s1. The number of hydrogen-bond acceptors (Lipinski definition) is 4. The lowest BCUT2D eigenvalue weighted by Crippen LogP contribution is -2.52. The zero-order chi connectivity index (χ0) is 25.6. The molecule has 186 valence electrons. The molecule has 0 unspecified atom stereocenters. The minimum absolute atomic E-state index is 0.0599. The molecule has 0 aliphatic carbocycles.